The van der Waals surface area contributed by atoms with Crippen LogP contribution in [0.5, 0.6) is 0 Å². The van der Waals surface area contributed by atoms with Crippen molar-refractivity contribution in [1.82, 2.24) is 0 Å². The maximum atomic E-state index is 2.51. The zero-order valence-corrected chi connectivity index (χ0v) is 29.9. The minimum absolute atomic E-state index is 0.0872. The predicted octanol–water partition coefficient (Wildman–Crippen LogP) is 14.8. The molecule has 244 valence electrons. The third-order valence-electron chi connectivity index (χ3n) is 11.6. The molecule has 1 aliphatic rings. The van der Waals surface area contributed by atoms with E-state index in [0.29, 0.717) is 0 Å². The Kier molecular flexibility index (Phi) is 6.27. The normalized spacial score (nSPS) is 13.3. The van der Waals surface area contributed by atoms with Crippen molar-refractivity contribution in [1.29, 1.82) is 0 Å². The number of thiophene rings is 1. The van der Waals surface area contributed by atoms with Gasteiger partial charge in [0.05, 0.1) is 0 Å². The van der Waals surface area contributed by atoms with Gasteiger partial charge in [0.15, 0.2) is 0 Å². The molecule has 0 unspecified atom stereocenters. The summed E-state index contributed by atoms with van der Waals surface area (Å²) in [6, 6.07) is 63.5. The first-order valence-corrected chi connectivity index (χ1v) is 19.0. The quantitative estimate of drug-likeness (QED) is 0.163. The van der Waals surface area contributed by atoms with Crippen molar-refractivity contribution in [2.24, 2.45) is 0 Å². The predicted molar refractivity (Wildman–Crippen MR) is 226 cm³/mol. The minimum atomic E-state index is -0.0872. The summed E-state index contributed by atoms with van der Waals surface area (Å²) in [6.07, 6.45) is 0. The van der Waals surface area contributed by atoms with Crippen LogP contribution in [0.3, 0.4) is 0 Å². The summed E-state index contributed by atoms with van der Waals surface area (Å²) in [5.74, 6) is 0. The van der Waals surface area contributed by atoms with Gasteiger partial charge in [-0.3, -0.25) is 0 Å². The highest BCUT2D eigenvalue weighted by Crippen LogP contribution is 2.53. The van der Waals surface area contributed by atoms with Crippen LogP contribution in [0.1, 0.15) is 25.0 Å². The fourth-order valence-electron chi connectivity index (χ4n) is 9.22. The van der Waals surface area contributed by atoms with Crippen molar-refractivity contribution in [3.05, 3.63) is 181 Å². The maximum absolute atomic E-state index is 2.51. The molecule has 11 rings (SSSR count). The molecule has 0 saturated carbocycles. The molecule has 1 aromatic heterocycles. The largest absolute Gasteiger partial charge is 0.134 e. The number of benzene rings is 9. The number of fused-ring (bicyclic) bond motifs is 10. The van der Waals surface area contributed by atoms with Crippen LogP contribution in [0.15, 0.2) is 170 Å². The molecule has 0 radical (unpaired) electrons. The topological polar surface area (TPSA) is 0 Å². The van der Waals surface area contributed by atoms with Crippen LogP contribution in [0.2, 0.25) is 0 Å². The van der Waals surface area contributed by atoms with Crippen LogP contribution in [-0.4, -0.2) is 0 Å². The Hall–Kier alpha value is -6.02. The summed E-state index contributed by atoms with van der Waals surface area (Å²) in [5.41, 5.74) is 13.1. The van der Waals surface area contributed by atoms with E-state index >= 15 is 0 Å². The van der Waals surface area contributed by atoms with Crippen LogP contribution in [0, 0.1) is 0 Å². The number of hydrogen-bond acceptors (Lipinski definition) is 1. The Morgan fingerprint density at radius 1 is 0.385 bits per heavy atom. The molecular formula is C51H34S. The summed E-state index contributed by atoms with van der Waals surface area (Å²) in [5, 5.41) is 10.4. The maximum Gasteiger partial charge on any atom is 0.0440 e. The first kappa shape index (κ1) is 29.7. The molecular weight excluding hydrogens is 645 g/mol. The van der Waals surface area contributed by atoms with Gasteiger partial charge in [-0.15, -0.1) is 11.3 Å². The summed E-state index contributed by atoms with van der Waals surface area (Å²) in [6.45, 7) is 4.77. The smallest absolute Gasteiger partial charge is 0.0440 e. The molecule has 9 aromatic carbocycles. The van der Waals surface area contributed by atoms with Crippen LogP contribution in [-0.2, 0) is 5.41 Å². The molecule has 1 heterocycles. The van der Waals surface area contributed by atoms with Gasteiger partial charge in [-0.05, 0) is 101 Å². The Morgan fingerprint density at radius 2 is 1.04 bits per heavy atom. The van der Waals surface area contributed by atoms with Crippen molar-refractivity contribution in [3.63, 3.8) is 0 Å². The van der Waals surface area contributed by atoms with Crippen molar-refractivity contribution >= 4 is 63.8 Å². The summed E-state index contributed by atoms with van der Waals surface area (Å²) in [7, 11) is 0. The molecule has 52 heavy (non-hydrogen) atoms. The molecule has 0 amide bonds. The van der Waals surface area contributed by atoms with Gasteiger partial charge < -0.3 is 0 Å². The molecule has 1 aliphatic carbocycles. The lowest BCUT2D eigenvalue weighted by molar-refractivity contribution is 0.660. The van der Waals surface area contributed by atoms with Crippen LogP contribution in [0.4, 0.5) is 0 Å². The Morgan fingerprint density at radius 3 is 1.90 bits per heavy atom. The highest BCUT2D eigenvalue weighted by molar-refractivity contribution is 7.27. The van der Waals surface area contributed by atoms with E-state index in [1.165, 1.54) is 108 Å². The summed E-state index contributed by atoms with van der Waals surface area (Å²) < 4.78 is 2.67. The van der Waals surface area contributed by atoms with Crippen molar-refractivity contribution in [3.8, 4) is 44.5 Å². The highest BCUT2D eigenvalue weighted by Gasteiger charge is 2.35. The Labute approximate surface area is 307 Å². The van der Waals surface area contributed by atoms with Crippen LogP contribution in [0.25, 0.3) is 97.0 Å². The second-order valence-electron chi connectivity index (χ2n) is 14.8. The van der Waals surface area contributed by atoms with Crippen molar-refractivity contribution in [2.45, 2.75) is 19.3 Å². The molecule has 10 aromatic rings. The van der Waals surface area contributed by atoms with Gasteiger partial charge in [0.1, 0.15) is 0 Å². The van der Waals surface area contributed by atoms with E-state index in [1.54, 1.807) is 0 Å². The van der Waals surface area contributed by atoms with E-state index in [4.69, 9.17) is 0 Å². The van der Waals surface area contributed by atoms with Crippen molar-refractivity contribution in [2.75, 3.05) is 0 Å². The number of hydrogen-bond donors (Lipinski definition) is 0. The lowest BCUT2D eigenvalue weighted by atomic mass is 9.80. The van der Waals surface area contributed by atoms with E-state index < -0.39 is 0 Å². The molecule has 0 fully saturated rings. The van der Waals surface area contributed by atoms with Gasteiger partial charge >= 0.3 is 0 Å². The molecule has 0 saturated heterocycles. The SMILES string of the molecule is CC1(C)c2ccccc2-c2ccc(-c3c4ccccc4c(-c4ccc5ccccc5c4)c4ccc5c(sc6cccc(-c7ccccc7)c65)c34)cc21. The summed E-state index contributed by atoms with van der Waals surface area (Å²) in [4.78, 5) is 0. The monoisotopic (exact) mass is 678 g/mol. The van der Waals surface area contributed by atoms with E-state index in [1.807, 2.05) is 11.3 Å². The van der Waals surface area contributed by atoms with Gasteiger partial charge in [0.25, 0.3) is 0 Å². The zero-order chi connectivity index (χ0) is 34.6. The second kappa shape index (κ2) is 11.0. The molecule has 0 spiro atoms. The van der Waals surface area contributed by atoms with Crippen molar-refractivity contribution < 1.29 is 0 Å². The van der Waals surface area contributed by atoms with E-state index in [9.17, 15) is 0 Å². The molecule has 0 atom stereocenters. The number of rotatable bonds is 3. The second-order valence-corrected chi connectivity index (χ2v) is 15.9. The average Bonchev–Trinajstić information content (AvgIpc) is 3.69. The van der Waals surface area contributed by atoms with E-state index in [0.717, 1.165) is 0 Å². The molecule has 0 nitrogen and oxygen atoms in total. The molecule has 0 bridgehead atoms. The standard InChI is InChI=1S/C51H34S/c1-51(2)43-21-11-10-17-37(43)38-26-25-35(30-44(38)51)47-40-19-9-8-18-39(40)46(34-24-23-31-13-6-7-16-33(31)29-34)41-27-28-42-48-36(32-14-4-3-5-15-32)20-12-22-45(48)52-50(42)49(41)47/h3-30H,1-2H3. The Bertz CT molecular complexity index is 3090. The minimum Gasteiger partial charge on any atom is -0.134 e. The first-order chi connectivity index (χ1) is 25.6. The fourth-order valence-corrected chi connectivity index (χ4v) is 10.5. The Balaban J connectivity index is 1.30. The highest BCUT2D eigenvalue weighted by atomic mass is 32.1. The van der Waals surface area contributed by atoms with Crippen LogP contribution >= 0.6 is 11.3 Å². The van der Waals surface area contributed by atoms with Gasteiger partial charge in [-0.2, -0.15) is 0 Å². The first-order valence-electron chi connectivity index (χ1n) is 18.2. The lowest BCUT2D eigenvalue weighted by Gasteiger charge is -2.23. The molecule has 0 aliphatic heterocycles. The fraction of sp³-hybridized carbons (Fsp3) is 0.0588. The van der Waals surface area contributed by atoms with Gasteiger partial charge in [-0.25, -0.2) is 0 Å². The summed E-state index contributed by atoms with van der Waals surface area (Å²) >= 11 is 1.94. The van der Waals surface area contributed by atoms with Gasteiger partial charge in [0.2, 0.25) is 0 Å². The van der Waals surface area contributed by atoms with E-state index in [-0.39, 0.29) is 5.41 Å². The van der Waals surface area contributed by atoms with Gasteiger partial charge in [-0.1, -0.05) is 166 Å². The molecule has 1 heteroatoms. The molecule has 0 N–H and O–H groups in total. The van der Waals surface area contributed by atoms with E-state index in [2.05, 4.69) is 184 Å². The third-order valence-corrected chi connectivity index (χ3v) is 12.8. The lowest BCUT2D eigenvalue weighted by Crippen LogP contribution is -2.14. The average molecular weight is 679 g/mol. The zero-order valence-electron chi connectivity index (χ0n) is 29.1. The van der Waals surface area contributed by atoms with Gasteiger partial charge in [0, 0.05) is 31.0 Å². The van der Waals surface area contributed by atoms with Crippen LogP contribution < -0.4 is 0 Å². The third kappa shape index (κ3) is 4.15.